The SMILES string of the molecule is CCNC(=O)CCNC(=O)c1cc(I)ccc1Br. The fourth-order valence-corrected chi connectivity index (χ4v) is 2.26. The first kappa shape index (κ1) is 15.4. The van der Waals surface area contributed by atoms with Crippen LogP contribution in [0.5, 0.6) is 0 Å². The molecular formula is C12H14BrIN2O2. The zero-order chi connectivity index (χ0) is 13.5. The third kappa shape index (κ3) is 4.93. The van der Waals surface area contributed by atoms with E-state index >= 15 is 0 Å². The van der Waals surface area contributed by atoms with Crippen LogP contribution in [-0.2, 0) is 4.79 Å². The molecule has 0 aliphatic carbocycles. The van der Waals surface area contributed by atoms with Gasteiger partial charge in [0.1, 0.15) is 0 Å². The van der Waals surface area contributed by atoms with Gasteiger partial charge in [-0.1, -0.05) is 0 Å². The summed E-state index contributed by atoms with van der Waals surface area (Å²) in [6.45, 7) is 2.80. The average Bonchev–Trinajstić information content (AvgIpc) is 2.32. The lowest BCUT2D eigenvalue weighted by molar-refractivity contribution is -0.120. The zero-order valence-electron chi connectivity index (χ0n) is 9.93. The summed E-state index contributed by atoms with van der Waals surface area (Å²) in [5.41, 5.74) is 0.581. The number of nitrogens with one attached hydrogen (secondary N) is 2. The van der Waals surface area contributed by atoms with E-state index in [0.29, 0.717) is 25.1 Å². The van der Waals surface area contributed by atoms with Crippen molar-refractivity contribution in [1.29, 1.82) is 0 Å². The van der Waals surface area contributed by atoms with Crippen LogP contribution in [0.25, 0.3) is 0 Å². The molecule has 0 saturated carbocycles. The van der Waals surface area contributed by atoms with Crippen LogP contribution in [0.3, 0.4) is 0 Å². The first-order valence-electron chi connectivity index (χ1n) is 5.54. The molecule has 2 amide bonds. The Morgan fingerprint density at radius 3 is 2.72 bits per heavy atom. The maximum Gasteiger partial charge on any atom is 0.252 e. The molecule has 0 unspecified atom stereocenters. The zero-order valence-corrected chi connectivity index (χ0v) is 13.7. The van der Waals surface area contributed by atoms with Crippen LogP contribution >= 0.6 is 38.5 Å². The Hall–Kier alpha value is -0.630. The highest BCUT2D eigenvalue weighted by atomic mass is 127. The number of hydrogen-bond acceptors (Lipinski definition) is 2. The van der Waals surface area contributed by atoms with Gasteiger partial charge in [0.25, 0.3) is 5.91 Å². The molecule has 6 heteroatoms. The van der Waals surface area contributed by atoms with Crippen LogP contribution in [0.1, 0.15) is 23.7 Å². The molecule has 0 bridgehead atoms. The molecule has 98 valence electrons. The molecule has 1 aromatic rings. The van der Waals surface area contributed by atoms with E-state index in [-0.39, 0.29) is 11.8 Å². The molecule has 0 atom stereocenters. The van der Waals surface area contributed by atoms with Gasteiger partial charge >= 0.3 is 0 Å². The molecule has 2 N–H and O–H groups in total. The first-order valence-corrected chi connectivity index (χ1v) is 7.41. The summed E-state index contributed by atoms with van der Waals surface area (Å²) < 4.78 is 1.74. The lowest BCUT2D eigenvalue weighted by atomic mass is 10.2. The normalized spacial score (nSPS) is 9.94. The van der Waals surface area contributed by atoms with Crippen molar-refractivity contribution in [2.75, 3.05) is 13.1 Å². The summed E-state index contributed by atoms with van der Waals surface area (Å²) in [5, 5.41) is 5.40. The van der Waals surface area contributed by atoms with Crippen LogP contribution in [0.15, 0.2) is 22.7 Å². The van der Waals surface area contributed by atoms with Crippen molar-refractivity contribution < 1.29 is 9.59 Å². The third-order valence-corrected chi connectivity index (χ3v) is 3.55. The fourth-order valence-electron chi connectivity index (χ4n) is 1.34. The van der Waals surface area contributed by atoms with Gasteiger partial charge in [-0.15, -0.1) is 0 Å². The third-order valence-electron chi connectivity index (χ3n) is 2.18. The van der Waals surface area contributed by atoms with Gasteiger partial charge in [-0.05, 0) is 63.6 Å². The molecule has 4 nitrogen and oxygen atoms in total. The van der Waals surface area contributed by atoms with E-state index in [4.69, 9.17) is 0 Å². The number of halogens is 2. The quantitative estimate of drug-likeness (QED) is 0.712. The van der Waals surface area contributed by atoms with Gasteiger partial charge in [0.05, 0.1) is 5.56 Å². The minimum absolute atomic E-state index is 0.0560. The van der Waals surface area contributed by atoms with Crippen molar-refractivity contribution >= 4 is 50.3 Å². The van der Waals surface area contributed by atoms with Crippen molar-refractivity contribution in [3.05, 3.63) is 31.8 Å². The molecule has 0 spiro atoms. The van der Waals surface area contributed by atoms with Gasteiger partial charge in [-0.3, -0.25) is 9.59 Å². The molecule has 18 heavy (non-hydrogen) atoms. The summed E-state index contributed by atoms with van der Waals surface area (Å²) in [6, 6.07) is 5.54. The summed E-state index contributed by atoms with van der Waals surface area (Å²) in [7, 11) is 0. The van der Waals surface area contributed by atoms with Crippen molar-refractivity contribution in [1.82, 2.24) is 10.6 Å². The standard InChI is InChI=1S/C12H14BrIN2O2/c1-2-15-11(17)5-6-16-12(18)9-7-8(14)3-4-10(9)13/h3-4,7H,2,5-6H2,1H3,(H,15,17)(H,16,18). The number of benzene rings is 1. The van der Waals surface area contributed by atoms with E-state index in [0.717, 1.165) is 8.04 Å². The van der Waals surface area contributed by atoms with E-state index in [2.05, 4.69) is 49.2 Å². The maximum absolute atomic E-state index is 11.9. The Labute approximate surface area is 128 Å². The van der Waals surface area contributed by atoms with E-state index in [1.807, 2.05) is 19.1 Å². The van der Waals surface area contributed by atoms with E-state index in [1.54, 1.807) is 6.07 Å². The van der Waals surface area contributed by atoms with E-state index < -0.39 is 0 Å². The van der Waals surface area contributed by atoms with Crippen LogP contribution in [0.2, 0.25) is 0 Å². The molecule has 1 aromatic carbocycles. The minimum atomic E-state index is -0.176. The summed E-state index contributed by atoms with van der Waals surface area (Å²) in [5.74, 6) is -0.232. The number of rotatable bonds is 5. The minimum Gasteiger partial charge on any atom is -0.356 e. The molecular weight excluding hydrogens is 411 g/mol. The van der Waals surface area contributed by atoms with Gasteiger partial charge in [-0.25, -0.2) is 0 Å². The average molecular weight is 425 g/mol. The molecule has 0 aromatic heterocycles. The first-order chi connectivity index (χ1) is 8.54. The van der Waals surface area contributed by atoms with Crippen LogP contribution in [-0.4, -0.2) is 24.9 Å². The highest BCUT2D eigenvalue weighted by Crippen LogP contribution is 2.19. The lowest BCUT2D eigenvalue weighted by Gasteiger charge is -2.07. The largest absolute Gasteiger partial charge is 0.356 e. The summed E-state index contributed by atoms with van der Waals surface area (Å²) >= 11 is 5.48. The van der Waals surface area contributed by atoms with Crippen molar-refractivity contribution in [2.24, 2.45) is 0 Å². The highest BCUT2D eigenvalue weighted by Gasteiger charge is 2.10. The van der Waals surface area contributed by atoms with Gasteiger partial charge in [-0.2, -0.15) is 0 Å². The van der Waals surface area contributed by atoms with E-state index in [1.165, 1.54) is 0 Å². The van der Waals surface area contributed by atoms with Gasteiger partial charge in [0.2, 0.25) is 5.91 Å². The van der Waals surface area contributed by atoms with Gasteiger partial charge in [0, 0.05) is 27.6 Å². The second-order valence-electron chi connectivity index (χ2n) is 3.58. The second kappa shape index (κ2) is 7.73. The molecule has 0 fully saturated rings. The smallest absolute Gasteiger partial charge is 0.252 e. The van der Waals surface area contributed by atoms with Crippen molar-refractivity contribution in [3.8, 4) is 0 Å². The Morgan fingerprint density at radius 1 is 1.33 bits per heavy atom. The molecule has 0 heterocycles. The van der Waals surface area contributed by atoms with Crippen LogP contribution < -0.4 is 10.6 Å². The number of carbonyl (C=O) groups excluding carboxylic acids is 2. The molecule has 1 rings (SSSR count). The Balaban J connectivity index is 2.50. The van der Waals surface area contributed by atoms with Crippen LogP contribution in [0, 0.1) is 3.57 Å². The summed E-state index contributed by atoms with van der Waals surface area (Å²) in [4.78, 5) is 23.1. The predicted molar refractivity (Wildman–Crippen MR) is 82.5 cm³/mol. The maximum atomic E-state index is 11.9. The topological polar surface area (TPSA) is 58.2 Å². The fraction of sp³-hybridized carbons (Fsp3) is 0.333. The molecule has 0 radical (unpaired) electrons. The second-order valence-corrected chi connectivity index (χ2v) is 5.68. The Kier molecular flexibility index (Phi) is 6.62. The number of hydrogen-bond donors (Lipinski definition) is 2. The van der Waals surface area contributed by atoms with Crippen molar-refractivity contribution in [2.45, 2.75) is 13.3 Å². The predicted octanol–water partition coefficient (Wildman–Crippen LogP) is 2.31. The lowest BCUT2D eigenvalue weighted by Crippen LogP contribution is -2.30. The van der Waals surface area contributed by atoms with Crippen LogP contribution in [0.4, 0.5) is 0 Å². The molecule has 0 aliphatic rings. The molecule has 0 aliphatic heterocycles. The Bertz CT molecular complexity index is 452. The van der Waals surface area contributed by atoms with Gasteiger partial charge < -0.3 is 10.6 Å². The number of amides is 2. The Morgan fingerprint density at radius 2 is 2.06 bits per heavy atom. The summed E-state index contributed by atoms with van der Waals surface area (Å²) in [6.07, 6.45) is 0.293. The van der Waals surface area contributed by atoms with Crippen molar-refractivity contribution in [3.63, 3.8) is 0 Å². The van der Waals surface area contributed by atoms with E-state index in [9.17, 15) is 9.59 Å². The van der Waals surface area contributed by atoms with Gasteiger partial charge in [0.15, 0.2) is 0 Å². The molecule has 0 saturated heterocycles. The highest BCUT2D eigenvalue weighted by molar-refractivity contribution is 14.1. The number of carbonyl (C=O) groups is 2. The monoisotopic (exact) mass is 424 g/mol.